The zero-order chi connectivity index (χ0) is 16.0. The SMILES string of the molecule is CCCCCCCCCCc1ccc(NCC(O)CCl)cc1. The minimum absolute atomic E-state index is 0.267. The fourth-order valence-electron chi connectivity index (χ4n) is 2.54. The summed E-state index contributed by atoms with van der Waals surface area (Å²) in [5.41, 5.74) is 2.44. The van der Waals surface area contributed by atoms with Crippen molar-refractivity contribution in [2.45, 2.75) is 70.8 Å². The first-order chi connectivity index (χ1) is 10.8. The van der Waals surface area contributed by atoms with E-state index in [1.54, 1.807) is 0 Å². The van der Waals surface area contributed by atoms with Gasteiger partial charge in [0.2, 0.25) is 0 Å². The van der Waals surface area contributed by atoms with E-state index in [4.69, 9.17) is 11.6 Å². The summed E-state index contributed by atoms with van der Waals surface area (Å²) in [6.07, 6.45) is 11.6. The van der Waals surface area contributed by atoms with Crippen LogP contribution in [0, 0.1) is 0 Å². The van der Waals surface area contributed by atoms with Crippen LogP contribution in [-0.4, -0.2) is 23.6 Å². The normalized spacial score (nSPS) is 12.3. The Bertz CT molecular complexity index is 366. The second kappa shape index (κ2) is 12.8. The number of unbranched alkanes of at least 4 members (excludes halogenated alkanes) is 7. The molecule has 0 aliphatic heterocycles. The van der Waals surface area contributed by atoms with E-state index in [0.717, 1.165) is 5.69 Å². The lowest BCUT2D eigenvalue weighted by atomic mass is 10.0. The molecule has 0 aromatic heterocycles. The molecule has 22 heavy (non-hydrogen) atoms. The van der Waals surface area contributed by atoms with Crippen molar-refractivity contribution in [3.05, 3.63) is 29.8 Å². The zero-order valence-corrected chi connectivity index (χ0v) is 14.7. The molecule has 0 heterocycles. The quantitative estimate of drug-likeness (QED) is 0.377. The lowest BCUT2D eigenvalue weighted by Crippen LogP contribution is -2.20. The first kappa shape index (κ1) is 19.3. The number of benzene rings is 1. The zero-order valence-electron chi connectivity index (χ0n) is 14.0. The van der Waals surface area contributed by atoms with E-state index in [2.05, 4.69) is 36.5 Å². The number of alkyl halides is 1. The molecule has 2 N–H and O–H groups in total. The van der Waals surface area contributed by atoms with E-state index in [-0.39, 0.29) is 5.88 Å². The summed E-state index contributed by atoms with van der Waals surface area (Å²) < 4.78 is 0. The van der Waals surface area contributed by atoms with Gasteiger partial charge in [-0.1, -0.05) is 64.0 Å². The Morgan fingerprint density at radius 2 is 1.55 bits per heavy atom. The molecule has 0 radical (unpaired) electrons. The highest BCUT2D eigenvalue weighted by atomic mass is 35.5. The average molecular weight is 326 g/mol. The molecule has 1 unspecified atom stereocenters. The number of halogens is 1. The van der Waals surface area contributed by atoms with Gasteiger partial charge in [-0.25, -0.2) is 0 Å². The highest BCUT2D eigenvalue weighted by Gasteiger charge is 2.01. The smallest absolute Gasteiger partial charge is 0.0847 e. The van der Waals surface area contributed by atoms with Gasteiger partial charge in [0, 0.05) is 12.2 Å². The van der Waals surface area contributed by atoms with Crippen LogP contribution < -0.4 is 5.32 Å². The molecule has 126 valence electrons. The van der Waals surface area contributed by atoms with Gasteiger partial charge in [-0.05, 0) is 30.5 Å². The maximum Gasteiger partial charge on any atom is 0.0847 e. The molecule has 1 aromatic carbocycles. The lowest BCUT2D eigenvalue weighted by Gasteiger charge is -2.10. The predicted molar refractivity (Wildman–Crippen MR) is 98.0 cm³/mol. The number of aryl methyl sites for hydroxylation is 1. The third-order valence-corrected chi connectivity index (χ3v) is 4.35. The third-order valence-electron chi connectivity index (χ3n) is 3.99. The second-order valence-electron chi connectivity index (χ2n) is 6.11. The van der Waals surface area contributed by atoms with E-state index < -0.39 is 6.10 Å². The molecule has 1 atom stereocenters. The molecule has 0 amide bonds. The Hall–Kier alpha value is -0.730. The third kappa shape index (κ3) is 9.32. The highest BCUT2D eigenvalue weighted by Crippen LogP contribution is 2.14. The first-order valence-electron chi connectivity index (χ1n) is 8.83. The lowest BCUT2D eigenvalue weighted by molar-refractivity contribution is 0.211. The fourth-order valence-corrected chi connectivity index (χ4v) is 2.65. The molecule has 0 bridgehead atoms. The summed E-state index contributed by atoms with van der Waals surface area (Å²) >= 11 is 5.57. The molecule has 2 nitrogen and oxygen atoms in total. The number of hydrogen-bond donors (Lipinski definition) is 2. The van der Waals surface area contributed by atoms with Crippen LogP contribution in [0.3, 0.4) is 0 Å². The van der Waals surface area contributed by atoms with Gasteiger partial charge in [0.15, 0.2) is 0 Å². The van der Waals surface area contributed by atoms with E-state index >= 15 is 0 Å². The van der Waals surface area contributed by atoms with Crippen molar-refractivity contribution in [2.24, 2.45) is 0 Å². The van der Waals surface area contributed by atoms with Gasteiger partial charge in [0.1, 0.15) is 0 Å². The van der Waals surface area contributed by atoms with Crippen molar-refractivity contribution < 1.29 is 5.11 Å². The van der Waals surface area contributed by atoms with Crippen molar-refractivity contribution in [3.8, 4) is 0 Å². The van der Waals surface area contributed by atoms with Crippen molar-refractivity contribution in [1.82, 2.24) is 0 Å². The maximum atomic E-state index is 9.41. The Labute approximate surface area is 141 Å². The largest absolute Gasteiger partial charge is 0.390 e. The standard InChI is InChI=1S/C19H32ClNO/c1-2-3-4-5-6-7-8-9-10-17-11-13-18(14-12-17)21-16-19(22)15-20/h11-14,19,21-22H,2-10,15-16H2,1H3. The van der Waals surface area contributed by atoms with Crippen LogP contribution in [0.2, 0.25) is 0 Å². The molecule has 1 aromatic rings. The van der Waals surface area contributed by atoms with E-state index in [9.17, 15) is 5.11 Å². The van der Waals surface area contributed by atoms with Crippen molar-refractivity contribution >= 4 is 17.3 Å². The molecular formula is C19H32ClNO. The molecule has 0 spiro atoms. The molecular weight excluding hydrogens is 294 g/mol. The summed E-state index contributed by atoms with van der Waals surface area (Å²) in [4.78, 5) is 0. The Kier molecular flexibility index (Phi) is 11.2. The Morgan fingerprint density at radius 3 is 2.14 bits per heavy atom. The molecule has 0 saturated carbocycles. The van der Waals surface area contributed by atoms with Gasteiger partial charge in [-0.15, -0.1) is 11.6 Å². The predicted octanol–water partition coefficient (Wildman–Crippen LogP) is 5.38. The molecule has 0 fully saturated rings. The summed E-state index contributed by atoms with van der Waals surface area (Å²) in [5, 5.41) is 12.6. The summed E-state index contributed by atoms with van der Waals surface area (Å²) in [5.74, 6) is 0.267. The number of anilines is 1. The molecule has 0 saturated heterocycles. The van der Waals surface area contributed by atoms with Crippen LogP contribution >= 0.6 is 11.6 Å². The fraction of sp³-hybridized carbons (Fsp3) is 0.684. The topological polar surface area (TPSA) is 32.3 Å². The van der Waals surface area contributed by atoms with Crippen molar-refractivity contribution in [1.29, 1.82) is 0 Å². The van der Waals surface area contributed by atoms with Crippen LogP contribution in [-0.2, 0) is 6.42 Å². The number of nitrogens with one attached hydrogen (secondary N) is 1. The summed E-state index contributed by atoms with van der Waals surface area (Å²) in [6.45, 7) is 2.77. The van der Waals surface area contributed by atoms with Gasteiger partial charge in [-0.2, -0.15) is 0 Å². The monoisotopic (exact) mass is 325 g/mol. The van der Waals surface area contributed by atoms with Crippen LogP contribution in [0.15, 0.2) is 24.3 Å². The van der Waals surface area contributed by atoms with Gasteiger partial charge in [-0.3, -0.25) is 0 Å². The van der Waals surface area contributed by atoms with Crippen LogP contribution in [0.25, 0.3) is 0 Å². The van der Waals surface area contributed by atoms with E-state index in [1.165, 1.54) is 63.4 Å². The molecule has 0 aliphatic rings. The van der Waals surface area contributed by atoms with E-state index in [0.29, 0.717) is 6.54 Å². The highest BCUT2D eigenvalue weighted by molar-refractivity contribution is 6.18. The number of aliphatic hydroxyl groups excluding tert-OH is 1. The van der Waals surface area contributed by atoms with Crippen molar-refractivity contribution in [3.63, 3.8) is 0 Å². The van der Waals surface area contributed by atoms with Gasteiger partial charge in [0.05, 0.1) is 12.0 Å². The molecule has 1 rings (SSSR count). The van der Waals surface area contributed by atoms with E-state index in [1.807, 2.05) is 0 Å². The minimum atomic E-state index is -0.487. The van der Waals surface area contributed by atoms with Crippen LogP contribution in [0.1, 0.15) is 63.9 Å². The summed E-state index contributed by atoms with van der Waals surface area (Å²) in [7, 11) is 0. The van der Waals surface area contributed by atoms with Crippen molar-refractivity contribution in [2.75, 3.05) is 17.7 Å². The van der Waals surface area contributed by atoms with Crippen LogP contribution in [0.4, 0.5) is 5.69 Å². The first-order valence-corrected chi connectivity index (χ1v) is 9.36. The summed E-state index contributed by atoms with van der Waals surface area (Å²) in [6, 6.07) is 8.52. The maximum absolute atomic E-state index is 9.41. The van der Waals surface area contributed by atoms with Gasteiger partial charge < -0.3 is 10.4 Å². The number of aliphatic hydroxyl groups is 1. The molecule has 3 heteroatoms. The number of rotatable bonds is 13. The molecule has 0 aliphatic carbocycles. The van der Waals surface area contributed by atoms with Gasteiger partial charge >= 0.3 is 0 Å². The Morgan fingerprint density at radius 1 is 0.955 bits per heavy atom. The number of hydrogen-bond acceptors (Lipinski definition) is 2. The average Bonchev–Trinajstić information content (AvgIpc) is 2.56. The van der Waals surface area contributed by atoms with Gasteiger partial charge in [0.25, 0.3) is 0 Å². The minimum Gasteiger partial charge on any atom is -0.390 e. The second-order valence-corrected chi connectivity index (χ2v) is 6.42. The Balaban J connectivity index is 2.09. The van der Waals surface area contributed by atoms with Crippen LogP contribution in [0.5, 0.6) is 0 Å².